The highest BCUT2D eigenvalue weighted by Gasteiger charge is 2.65. The highest BCUT2D eigenvalue weighted by atomic mass is 28.3. The lowest BCUT2D eigenvalue weighted by Gasteiger charge is -2.37. The third kappa shape index (κ3) is 3.25. The van der Waals surface area contributed by atoms with Crippen LogP contribution in [0.4, 0.5) is 8.78 Å². The maximum atomic E-state index is 14.4. The fraction of sp³-hybridized carbons (Fsp3) is 0.370. The van der Waals surface area contributed by atoms with Gasteiger partial charge in [0.15, 0.2) is 0 Å². The molecule has 33 heavy (non-hydrogen) atoms. The van der Waals surface area contributed by atoms with Crippen molar-refractivity contribution in [3.63, 3.8) is 0 Å². The van der Waals surface area contributed by atoms with Crippen molar-refractivity contribution in [2.24, 2.45) is 5.41 Å². The minimum atomic E-state index is -1.53. The van der Waals surface area contributed by atoms with Crippen LogP contribution < -0.4 is 0 Å². The zero-order valence-electron chi connectivity index (χ0n) is 19.6. The first-order valence-corrected chi connectivity index (χ1v) is 14.9. The first-order chi connectivity index (χ1) is 15.5. The summed E-state index contributed by atoms with van der Waals surface area (Å²) in [5.74, 6) is 2.24. The number of halogens is 2. The molecule has 0 spiro atoms. The Kier molecular flexibility index (Phi) is 4.84. The molecule has 6 heteroatoms. The molecule has 1 saturated carbocycles. The maximum Gasteiger partial charge on any atom is 0.135 e. The largest absolute Gasteiger partial charge is 0.243 e. The number of fused-ring (bicyclic) bond motifs is 5. The average Bonchev–Trinajstić information content (AvgIpc) is 3.13. The van der Waals surface area contributed by atoms with Crippen LogP contribution in [0.25, 0.3) is 11.3 Å². The number of pyridine rings is 1. The van der Waals surface area contributed by atoms with Crippen molar-refractivity contribution < 1.29 is 8.78 Å². The molecule has 0 aliphatic heterocycles. The average molecular weight is 460 g/mol. The van der Waals surface area contributed by atoms with Crippen LogP contribution in [0.5, 0.6) is 0 Å². The Morgan fingerprint density at radius 2 is 1.70 bits per heavy atom. The Morgan fingerprint density at radius 3 is 2.39 bits per heavy atom. The van der Waals surface area contributed by atoms with Gasteiger partial charge in [-0.1, -0.05) is 51.5 Å². The van der Waals surface area contributed by atoms with Gasteiger partial charge in [-0.05, 0) is 60.1 Å². The standard InChI is InChI=1S/C27H27F2N3Si/c1-26(2)19-12-14-27(26,23-11-6-8-17(30-23)13-15-33(3,4)5)25-18(19)16-22(31-32-25)24-20(28)9-7-10-21(24)29/h6-11,16,19H,12,14H2,1-5H3/t19-,27-/m0/s1. The number of hydrogen-bond donors (Lipinski definition) is 0. The van der Waals surface area contributed by atoms with Gasteiger partial charge in [-0.3, -0.25) is 0 Å². The van der Waals surface area contributed by atoms with Crippen LogP contribution in [0, 0.1) is 28.5 Å². The van der Waals surface area contributed by atoms with Gasteiger partial charge < -0.3 is 0 Å². The van der Waals surface area contributed by atoms with E-state index < -0.39 is 25.1 Å². The molecule has 3 nitrogen and oxygen atoms in total. The Balaban J connectivity index is 1.66. The minimum absolute atomic E-state index is 0.121. The summed E-state index contributed by atoms with van der Waals surface area (Å²) in [6, 6.07) is 11.7. The normalized spacial score (nSPS) is 22.6. The molecule has 0 saturated heterocycles. The molecule has 0 N–H and O–H groups in total. The second kappa shape index (κ2) is 7.29. The Bertz CT molecular complexity index is 1310. The zero-order chi connectivity index (χ0) is 23.6. The van der Waals surface area contributed by atoms with E-state index in [1.54, 1.807) is 0 Å². The topological polar surface area (TPSA) is 38.7 Å². The van der Waals surface area contributed by atoms with E-state index in [-0.39, 0.29) is 22.6 Å². The summed E-state index contributed by atoms with van der Waals surface area (Å²) in [6.45, 7) is 11.1. The van der Waals surface area contributed by atoms with Gasteiger partial charge in [-0.2, -0.15) is 5.10 Å². The van der Waals surface area contributed by atoms with Crippen molar-refractivity contribution >= 4 is 8.07 Å². The molecular formula is C27H27F2N3Si. The predicted octanol–water partition coefficient (Wildman–Crippen LogP) is 6.25. The summed E-state index contributed by atoms with van der Waals surface area (Å²) < 4.78 is 28.9. The molecule has 5 rings (SSSR count). The number of aromatic nitrogens is 3. The van der Waals surface area contributed by atoms with Crippen LogP contribution in [0.1, 0.15) is 55.3 Å². The molecule has 0 amide bonds. The van der Waals surface area contributed by atoms with Gasteiger partial charge in [0.1, 0.15) is 25.4 Å². The van der Waals surface area contributed by atoms with Crippen molar-refractivity contribution in [3.8, 4) is 22.7 Å². The highest BCUT2D eigenvalue weighted by molar-refractivity contribution is 6.83. The first-order valence-electron chi connectivity index (χ1n) is 11.4. The van der Waals surface area contributed by atoms with E-state index in [4.69, 9.17) is 4.98 Å². The monoisotopic (exact) mass is 459 g/mol. The van der Waals surface area contributed by atoms with Crippen molar-refractivity contribution in [3.05, 3.63) is 76.7 Å². The predicted molar refractivity (Wildman–Crippen MR) is 128 cm³/mol. The van der Waals surface area contributed by atoms with Crippen LogP contribution in [-0.4, -0.2) is 23.3 Å². The number of benzene rings is 1. The summed E-state index contributed by atoms with van der Waals surface area (Å²) in [5.41, 5.74) is 6.60. The van der Waals surface area contributed by atoms with Crippen molar-refractivity contribution in [2.75, 3.05) is 0 Å². The van der Waals surface area contributed by atoms with Crippen molar-refractivity contribution in [1.82, 2.24) is 15.2 Å². The molecule has 2 heterocycles. The van der Waals surface area contributed by atoms with E-state index in [1.165, 1.54) is 18.2 Å². The molecule has 2 aliphatic rings. The maximum absolute atomic E-state index is 14.4. The molecular weight excluding hydrogens is 432 g/mol. The minimum Gasteiger partial charge on any atom is -0.243 e. The number of hydrogen-bond acceptors (Lipinski definition) is 3. The fourth-order valence-corrected chi connectivity index (χ4v) is 6.25. The number of nitrogens with zero attached hydrogens (tertiary/aromatic N) is 3. The number of rotatable bonds is 2. The summed E-state index contributed by atoms with van der Waals surface area (Å²) in [4.78, 5) is 4.99. The molecule has 2 aromatic heterocycles. The lowest BCUT2D eigenvalue weighted by atomic mass is 9.66. The van der Waals surface area contributed by atoms with E-state index in [2.05, 4.69) is 61.2 Å². The van der Waals surface area contributed by atoms with Gasteiger partial charge in [0.25, 0.3) is 0 Å². The Labute approximate surface area is 194 Å². The molecule has 2 bridgehead atoms. The Morgan fingerprint density at radius 1 is 1.00 bits per heavy atom. The summed E-state index contributed by atoms with van der Waals surface area (Å²) in [5, 5.41) is 8.92. The second-order valence-electron chi connectivity index (χ2n) is 10.8. The van der Waals surface area contributed by atoms with E-state index in [9.17, 15) is 8.78 Å². The van der Waals surface area contributed by atoms with Crippen molar-refractivity contribution in [2.45, 2.75) is 57.7 Å². The molecule has 0 unspecified atom stereocenters. The van der Waals surface area contributed by atoms with Gasteiger partial charge in [0.05, 0.1) is 28.1 Å². The quantitative estimate of drug-likeness (QED) is 0.336. The van der Waals surface area contributed by atoms with Gasteiger partial charge in [-0.15, -0.1) is 10.6 Å². The third-order valence-electron chi connectivity index (χ3n) is 7.35. The molecule has 2 aliphatic carbocycles. The van der Waals surface area contributed by atoms with Crippen molar-refractivity contribution in [1.29, 1.82) is 0 Å². The van der Waals surface area contributed by atoms with E-state index >= 15 is 0 Å². The van der Waals surface area contributed by atoms with Crippen LogP contribution in [0.3, 0.4) is 0 Å². The molecule has 2 atom stereocenters. The van der Waals surface area contributed by atoms with Gasteiger partial charge in [0.2, 0.25) is 0 Å². The van der Waals surface area contributed by atoms with Crippen LogP contribution in [0.2, 0.25) is 19.6 Å². The molecule has 1 fully saturated rings. The first kappa shape index (κ1) is 21.9. The molecule has 168 valence electrons. The van der Waals surface area contributed by atoms with Gasteiger partial charge in [0, 0.05) is 0 Å². The zero-order valence-corrected chi connectivity index (χ0v) is 20.6. The summed E-state index contributed by atoms with van der Waals surface area (Å²) in [6.07, 6.45) is 1.88. The lowest BCUT2D eigenvalue weighted by molar-refractivity contribution is 0.243. The fourth-order valence-electron chi connectivity index (χ4n) is 5.75. The molecule has 3 aromatic rings. The Hall–Kier alpha value is -2.91. The van der Waals surface area contributed by atoms with E-state index in [1.807, 2.05) is 18.2 Å². The summed E-state index contributed by atoms with van der Waals surface area (Å²) >= 11 is 0. The highest BCUT2D eigenvalue weighted by Crippen LogP contribution is 2.69. The van der Waals surface area contributed by atoms with Crippen LogP contribution in [-0.2, 0) is 5.41 Å². The van der Waals surface area contributed by atoms with Crippen LogP contribution in [0.15, 0.2) is 42.5 Å². The van der Waals surface area contributed by atoms with E-state index in [0.29, 0.717) is 0 Å². The van der Waals surface area contributed by atoms with Gasteiger partial charge >= 0.3 is 0 Å². The molecule has 1 aromatic carbocycles. The van der Waals surface area contributed by atoms with Gasteiger partial charge in [-0.25, -0.2) is 13.8 Å². The summed E-state index contributed by atoms with van der Waals surface area (Å²) in [7, 11) is -1.53. The molecule has 0 radical (unpaired) electrons. The third-order valence-corrected chi connectivity index (χ3v) is 8.23. The second-order valence-corrected chi connectivity index (χ2v) is 15.5. The van der Waals surface area contributed by atoms with Crippen LogP contribution >= 0.6 is 0 Å². The smallest absolute Gasteiger partial charge is 0.135 e. The lowest BCUT2D eigenvalue weighted by Crippen LogP contribution is -2.38. The SMILES string of the molecule is CC1(C)[C@H]2CC[C@]1(c1cccc(C#C[Si](C)(C)C)n1)c1nnc(-c3c(F)cccc3F)cc12. The van der Waals surface area contributed by atoms with E-state index in [0.717, 1.165) is 35.5 Å².